The Morgan fingerprint density at radius 2 is 2.12 bits per heavy atom. The summed E-state index contributed by atoms with van der Waals surface area (Å²) in [5.41, 5.74) is 4.61. The van der Waals surface area contributed by atoms with Gasteiger partial charge in [-0.3, -0.25) is 4.79 Å². The van der Waals surface area contributed by atoms with Gasteiger partial charge in [0.25, 0.3) is 5.56 Å². The summed E-state index contributed by atoms with van der Waals surface area (Å²) in [5, 5.41) is 7.13. The first-order chi connectivity index (χ1) is 16.7. The van der Waals surface area contributed by atoms with E-state index in [1.807, 2.05) is 18.2 Å². The van der Waals surface area contributed by atoms with Crippen LogP contribution in [0.25, 0.3) is 16.7 Å². The number of ether oxygens (including phenoxy) is 1. The number of pyridine rings is 1. The maximum absolute atomic E-state index is 13.2. The van der Waals surface area contributed by atoms with Gasteiger partial charge in [-0.1, -0.05) is 12.1 Å². The molecule has 34 heavy (non-hydrogen) atoms. The van der Waals surface area contributed by atoms with Crippen molar-refractivity contribution in [2.45, 2.75) is 38.5 Å². The second-order valence-electron chi connectivity index (χ2n) is 8.62. The molecule has 0 saturated heterocycles. The number of nitrogens with one attached hydrogen (secondary N) is 2. The number of aromatic nitrogens is 5. The van der Waals surface area contributed by atoms with E-state index >= 15 is 0 Å². The normalized spacial score (nSPS) is 15.2. The van der Waals surface area contributed by atoms with E-state index in [0.29, 0.717) is 29.4 Å². The van der Waals surface area contributed by atoms with E-state index in [4.69, 9.17) is 9.72 Å². The van der Waals surface area contributed by atoms with Gasteiger partial charge in [0.2, 0.25) is 11.8 Å². The number of fused-ring (bicyclic) bond motifs is 2. The van der Waals surface area contributed by atoms with Crippen LogP contribution in [0, 0.1) is 0 Å². The average molecular weight is 456 g/mol. The lowest BCUT2D eigenvalue weighted by Crippen LogP contribution is -2.23. The quantitative estimate of drug-likeness (QED) is 0.413. The summed E-state index contributed by atoms with van der Waals surface area (Å²) in [4.78, 5) is 26.6. The van der Waals surface area contributed by atoms with Crippen LogP contribution in [0.1, 0.15) is 24.0 Å². The first kappa shape index (κ1) is 20.6. The number of rotatable bonds is 7. The second kappa shape index (κ2) is 8.42. The van der Waals surface area contributed by atoms with Crippen molar-refractivity contribution in [3.8, 4) is 11.6 Å². The van der Waals surface area contributed by atoms with Crippen molar-refractivity contribution in [2.24, 2.45) is 0 Å². The van der Waals surface area contributed by atoms with Gasteiger partial charge >= 0.3 is 0 Å². The molecule has 1 aliphatic carbocycles. The minimum Gasteiger partial charge on any atom is -0.474 e. The average Bonchev–Trinajstić information content (AvgIpc) is 3.63. The lowest BCUT2D eigenvalue weighted by Gasteiger charge is -2.18. The second-order valence-corrected chi connectivity index (χ2v) is 8.62. The van der Waals surface area contributed by atoms with Crippen LogP contribution in [0.3, 0.4) is 0 Å². The lowest BCUT2D eigenvalue weighted by molar-refractivity contribution is 0.291. The molecule has 1 fully saturated rings. The number of anilines is 2. The van der Waals surface area contributed by atoms with E-state index in [1.165, 1.54) is 11.1 Å². The Hall–Kier alpha value is -3.98. The maximum Gasteiger partial charge on any atom is 0.278 e. The third kappa shape index (κ3) is 3.84. The number of hydrogen-bond donors (Lipinski definition) is 2. The zero-order valence-electron chi connectivity index (χ0n) is 18.7. The zero-order valence-corrected chi connectivity index (χ0v) is 18.7. The minimum absolute atomic E-state index is 0.178. The Morgan fingerprint density at radius 3 is 2.97 bits per heavy atom. The third-order valence-corrected chi connectivity index (χ3v) is 6.10. The van der Waals surface area contributed by atoms with Crippen molar-refractivity contribution in [3.63, 3.8) is 0 Å². The number of nitrogens with zero attached hydrogens (tertiary/aromatic N) is 5. The van der Waals surface area contributed by atoms with Crippen molar-refractivity contribution in [1.29, 1.82) is 0 Å². The van der Waals surface area contributed by atoms with Crippen LogP contribution in [-0.2, 0) is 19.5 Å². The van der Waals surface area contributed by atoms with Gasteiger partial charge in [-0.05, 0) is 55.1 Å². The van der Waals surface area contributed by atoms with Crippen molar-refractivity contribution in [2.75, 3.05) is 11.9 Å². The van der Waals surface area contributed by atoms with E-state index in [-0.39, 0.29) is 11.7 Å². The van der Waals surface area contributed by atoms with E-state index in [0.717, 1.165) is 43.7 Å². The molecular formula is C25H25N7O2. The predicted octanol–water partition coefficient (Wildman–Crippen LogP) is 3.09. The molecule has 2 N–H and O–H groups in total. The van der Waals surface area contributed by atoms with E-state index in [1.54, 1.807) is 27.8 Å². The van der Waals surface area contributed by atoms with Gasteiger partial charge in [0, 0.05) is 30.7 Å². The smallest absolute Gasteiger partial charge is 0.278 e. The molecule has 9 heteroatoms. The molecule has 0 spiro atoms. The van der Waals surface area contributed by atoms with E-state index in [2.05, 4.69) is 39.3 Å². The standard InChI is InChI=1S/C25H25N7O2/c1-2-11-31-24(33)21-15-28-25(29-18-4-3-16-7-9-26-14-17(16)12-18)30-23(21)32(31)19-8-10-27-22(13-19)34-20-5-6-20/h2-4,8,10,12-13,15,20,26H,1,5-7,9,11,14H2,(H,28,29,30). The van der Waals surface area contributed by atoms with Gasteiger partial charge in [-0.2, -0.15) is 4.98 Å². The highest BCUT2D eigenvalue weighted by Crippen LogP contribution is 2.27. The molecule has 3 aromatic heterocycles. The summed E-state index contributed by atoms with van der Waals surface area (Å²) < 4.78 is 9.25. The molecule has 2 aliphatic rings. The van der Waals surface area contributed by atoms with Gasteiger partial charge in [0.05, 0.1) is 12.2 Å². The summed E-state index contributed by atoms with van der Waals surface area (Å²) in [6.45, 7) is 5.99. The van der Waals surface area contributed by atoms with Crippen molar-refractivity contribution in [1.82, 2.24) is 29.6 Å². The molecule has 6 rings (SSSR count). The van der Waals surface area contributed by atoms with Gasteiger partial charge < -0.3 is 15.4 Å². The SMILES string of the molecule is C=CCn1c(=O)c2cnc(Nc3ccc4c(c3)CNCC4)nc2n1-c1ccnc(OC2CC2)c1. The monoisotopic (exact) mass is 455 g/mol. The predicted molar refractivity (Wildman–Crippen MR) is 130 cm³/mol. The Bertz CT molecular complexity index is 1450. The molecular weight excluding hydrogens is 430 g/mol. The van der Waals surface area contributed by atoms with Crippen LogP contribution in [-0.4, -0.2) is 37.0 Å². The molecule has 0 atom stereocenters. The molecule has 9 nitrogen and oxygen atoms in total. The summed E-state index contributed by atoms with van der Waals surface area (Å²) >= 11 is 0. The molecule has 0 unspecified atom stereocenters. The van der Waals surface area contributed by atoms with Crippen LogP contribution in [0.4, 0.5) is 11.6 Å². The number of allylic oxidation sites excluding steroid dienone is 1. The first-order valence-electron chi connectivity index (χ1n) is 11.5. The van der Waals surface area contributed by atoms with E-state index < -0.39 is 0 Å². The molecule has 4 aromatic rings. The Balaban J connectivity index is 1.42. The van der Waals surface area contributed by atoms with Crippen LogP contribution in [0.5, 0.6) is 5.88 Å². The van der Waals surface area contributed by atoms with Crippen molar-refractivity contribution in [3.05, 3.63) is 76.9 Å². The topological polar surface area (TPSA) is 98.9 Å². The van der Waals surface area contributed by atoms with Crippen molar-refractivity contribution < 1.29 is 4.74 Å². The van der Waals surface area contributed by atoms with Gasteiger partial charge in [0.1, 0.15) is 11.5 Å². The largest absolute Gasteiger partial charge is 0.474 e. The highest BCUT2D eigenvalue weighted by molar-refractivity contribution is 5.77. The van der Waals surface area contributed by atoms with Crippen LogP contribution in [0.15, 0.2) is 60.2 Å². The maximum atomic E-state index is 13.2. The van der Waals surface area contributed by atoms with Gasteiger partial charge in [-0.25, -0.2) is 19.3 Å². The fourth-order valence-electron chi connectivity index (χ4n) is 4.28. The lowest BCUT2D eigenvalue weighted by atomic mass is 10.0. The van der Waals surface area contributed by atoms with Crippen LogP contribution in [0.2, 0.25) is 0 Å². The molecule has 0 amide bonds. The molecule has 0 radical (unpaired) electrons. The minimum atomic E-state index is -0.178. The summed E-state index contributed by atoms with van der Waals surface area (Å²) in [7, 11) is 0. The van der Waals surface area contributed by atoms with Crippen LogP contribution < -0.4 is 20.9 Å². The van der Waals surface area contributed by atoms with Crippen LogP contribution >= 0.6 is 0 Å². The molecule has 172 valence electrons. The highest BCUT2D eigenvalue weighted by Gasteiger charge is 2.24. The summed E-state index contributed by atoms with van der Waals surface area (Å²) in [6, 6.07) is 9.98. The molecule has 0 bridgehead atoms. The summed E-state index contributed by atoms with van der Waals surface area (Å²) in [6.07, 6.45) is 8.28. The molecule has 1 aromatic carbocycles. The molecule has 1 aliphatic heterocycles. The summed E-state index contributed by atoms with van der Waals surface area (Å²) in [5.74, 6) is 0.957. The Labute approximate surface area is 196 Å². The van der Waals surface area contributed by atoms with E-state index in [9.17, 15) is 4.79 Å². The number of hydrogen-bond acceptors (Lipinski definition) is 7. The Kier molecular flexibility index (Phi) is 5.10. The fourth-order valence-corrected chi connectivity index (χ4v) is 4.28. The molecule has 1 saturated carbocycles. The van der Waals surface area contributed by atoms with Crippen molar-refractivity contribution >= 4 is 22.7 Å². The number of benzene rings is 1. The fraction of sp³-hybridized carbons (Fsp3) is 0.280. The highest BCUT2D eigenvalue weighted by atomic mass is 16.5. The van der Waals surface area contributed by atoms with Gasteiger partial charge in [0.15, 0.2) is 5.65 Å². The Morgan fingerprint density at radius 1 is 1.21 bits per heavy atom. The van der Waals surface area contributed by atoms with Gasteiger partial charge in [-0.15, -0.1) is 6.58 Å². The molecule has 4 heterocycles. The first-order valence-corrected chi connectivity index (χ1v) is 11.5. The zero-order chi connectivity index (χ0) is 23.1. The third-order valence-electron chi connectivity index (χ3n) is 6.10.